The Hall–Kier alpha value is -2.24. The van der Waals surface area contributed by atoms with Gasteiger partial charge in [-0.15, -0.1) is 0 Å². The summed E-state index contributed by atoms with van der Waals surface area (Å²) in [4.78, 5) is 45.7. The number of carbonyl (C=O) groups is 4. The summed E-state index contributed by atoms with van der Waals surface area (Å²) in [6, 6.07) is 0. The highest BCUT2D eigenvalue weighted by molar-refractivity contribution is 5.68. The Morgan fingerprint density at radius 2 is 1.33 bits per heavy atom. The van der Waals surface area contributed by atoms with Crippen LogP contribution in [0, 0.1) is 0 Å². The number of hydrogen-bond donors (Lipinski definition) is 1. The summed E-state index contributed by atoms with van der Waals surface area (Å²) >= 11 is 0. The molecule has 154 valence electrons. The maximum atomic E-state index is 11.6. The van der Waals surface area contributed by atoms with Gasteiger partial charge >= 0.3 is 23.9 Å². The molecule has 1 heterocycles. The molecule has 1 rings (SSSR count). The van der Waals surface area contributed by atoms with Gasteiger partial charge in [0.2, 0.25) is 0 Å². The van der Waals surface area contributed by atoms with E-state index < -0.39 is 54.6 Å². The first-order valence-corrected chi connectivity index (χ1v) is 8.18. The molecule has 11 nitrogen and oxygen atoms in total. The van der Waals surface area contributed by atoms with Crippen molar-refractivity contribution >= 4 is 23.9 Å². The third kappa shape index (κ3) is 7.49. The predicted octanol–water partition coefficient (Wildman–Crippen LogP) is -0.922. The van der Waals surface area contributed by atoms with E-state index in [2.05, 4.69) is 0 Å². The summed E-state index contributed by atoms with van der Waals surface area (Å²) in [7, 11) is 0. The predicted molar refractivity (Wildman–Crippen MR) is 85.0 cm³/mol. The lowest BCUT2D eigenvalue weighted by atomic mass is 9.98. The second kappa shape index (κ2) is 10.8. The third-order valence-corrected chi connectivity index (χ3v) is 3.32. The van der Waals surface area contributed by atoms with E-state index in [4.69, 9.17) is 33.5 Å². The number of rotatable bonds is 8. The molecule has 1 aliphatic heterocycles. The van der Waals surface area contributed by atoms with Crippen molar-refractivity contribution in [2.24, 2.45) is 0 Å². The van der Waals surface area contributed by atoms with E-state index in [9.17, 15) is 19.2 Å². The Kier molecular flexibility index (Phi) is 9.12. The van der Waals surface area contributed by atoms with Crippen molar-refractivity contribution in [3.05, 3.63) is 0 Å². The van der Waals surface area contributed by atoms with Crippen molar-refractivity contribution in [1.29, 1.82) is 0 Å². The molecule has 27 heavy (non-hydrogen) atoms. The first-order valence-electron chi connectivity index (χ1n) is 8.18. The lowest BCUT2D eigenvalue weighted by Gasteiger charge is -2.43. The Bertz CT molecular complexity index is 546. The minimum Gasteiger partial charge on any atom is -0.463 e. The molecular weight excluding hydrogens is 368 g/mol. The van der Waals surface area contributed by atoms with Crippen molar-refractivity contribution < 1.29 is 52.7 Å². The van der Waals surface area contributed by atoms with Gasteiger partial charge < -0.3 is 33.5 Å². The van der Waals surface area contributed by atoms with Crippen LogP contribution < -0.4 is 0 Å². The lowest BCUT2D eigenvalue weighted by Crippen LogP contribution is -2.63. The fourth-order valence-electron chi connectivity index (χ4n) is 2.49. The molecule has 1 fully saturated rings. The maximum absolute atomic E-state index is 11.6. The fraction of sp³-hybridized carbons (Fsp3) is 0.750. The second-order valence-electron chi connectivity index (χ2n) is 5.66. The Balaban J connectivity index is 3.22. The molecule has 0 aromatic heterocycles. The zero-order valence-electron chi connectivity index (χ0n) is 15.5. The molecular formula is C16H24O11. The quantitative estimate of drug-likeness (QED) is 0.404. The summed E-state index contributed by atoms with van der Waals surface area (Å²) in [6.07, 6.45) is -6.14. The van der Waals surface area contributed by atoms with Gasteiger partial charge in [-0.2, -0.15) is 0 Å². The summed E-state index contributed by atoms with van der Waals surface area (Å²) < 4.78 is 31.4. The Labute approximate surface area is 155 Å². The molecule has 0 aromatic rings. The zero-order chi connectivity index (χ0) is 20.6. The van der Waals surface area contributed by atoms with Crippen molar-refractivity contribution in [1.82, 2.24) is 0 Å². The van der Waals surface area contributed by atoms with Crippen molar-refractivity contribution in [3.8, 4) is 0 Å². The van der Waals surface area contributed by atoms with Crippen LogP contribution in [0.25, 0.3) is 0 Å². The molecule has 0 spiro atoms. The van der Waals surface area contributed by atoms with E-state index in [1.165, 1.54) is 6.92 Å². The standard InChI is InChI=1S/C16H24O11/c1-8(18)23-7-12-13(24-9(2)19)14(25-10(3)20)15(26-11(4)21)16(27-12)22-6-5-17/h12-17H,5-7H2,1-4H3/t12?,13-,14-,15?,16+/m0/s1. The number of esters is 4. The average Bonchev–Trinajstić information content (AvgIpc) is 2.54. The SMILES string of the molecule is CC(=O)OCC1O[C@@H](OCCO)C(OC(C)=O)[C@@H](OC(C)=O)[C@H]1OC(C)=O. The molecule has 0 saturated carbocycles. The number of carbonyl (C=O) groups excluding carboxylic acids is 4. The molecule has 11 heteroatoms. The van der Waals surface area contributed by atoms with E-state index in [0.29, 0.717) is 0 Å². The minimum absolute atomic E-state index is 0.173. The average molecular weight is 392 g/mol. The van der Waals surface area contributed by atoms with Gasteiger partial charge in [-0.3, -0.25) is 19.2 Å². The molecule has 2 unspecified atom stereocenters. The van der Waals surface area contributed by atoms with Gasteiger partial charge in [-0.05, 0) is 0 Å². The van der Waals surface area contributed by atoms with Crippen LogP contribution in [0.5, 0.6) is 0 Å². The topological polar surface area (TPSA) is 144 Å². The van der Waals surface area contributed by atoms with E-state index in [-0.39, 0.29) is 19.8 Å². The maximum Gasteiger partial charge on any atom is 0.303 e. The van der Waals surface area contributed by atoms with Crippen LogP contribution in [0.3, 0.4) is 0 Å². The fourth-order valence-corrected chi connectivity index (χ4v) is 2.49. The second-order valence-corrected chi connectivity index (χ2v) is 5.66. The van der Waals surface area contributed by atoms with Crippen LogP contribution in [-0.2, 0) is 47.6 Å². The smallest absolute Gasteiger partial charge is 0.303 e. The van der Waals surface area contributed by atoms with Gasteiger partial charge in [-0.1, -0.05) is 0 Å². The monoisotopic (exact) mass is 392 g/mol. The lowest BCUT2D eigenvalue weighted by molar-refractivity contribution is -0.308. The van der Waals surface area contributed by atoms with E-state index >= 15 is 0 Å². The minimum atomic E-state index is -1.28. The first kappa shape index (κ1) is 22.8. The third-order valence-electron chi connectivity index (χ3n) is 3.32. The van der Waals surface area contributed by atoms with Gasteiger partial charge in [0.1, 0.15) is 12.7 Å². The molecule has 1 saturated heterocycles. The summed E-state index contributed by atoms with van der Waals surface area (Å²) in [5.74, 6) is -2.79. The van der Waals surface area contributed by atoms with Gasteiger partial charge in [0.05, 0.1) is 13.2 Å². The number of aliphatic hydroxyl groups is 1. The van der Waals surface area contributed by atoms with Crippen LogP contribution in [-0.4, -0.2) is 79.5 Å². The van der Waals surface area contributed by atoms with Crippen molar-refractivity contribution in [3.63, 3.8) is 0 Å². The molecule has 1 N–H and O–H groups in total. The van der Waals surface area contributed by atoms with E-state index in [1.54, 1.807) is 0 Å². The molecule has 0 aliphatic carbocycles. The van der Waals surface area contributed by atoms with Crippen molar-refractivity contribution in [2.45, 2.75) is 58.4 Å². The summed E-state index contributed by atoms with van der Waals surface area (Å²) in [5.41, 5.74) is 0. The van der Waals surface area contributed by atoms with Gasteiger partial charge in [0, 0.05) is 27.7 Å². The molecule has 1 aliphatic rings. The normalized spacial score (nSPS) is 27.4. The number of ether oxygens (including phenoxy) is 6. The largest absolute Gasteiger partial charge is 0.463 e. The molecule has 0 amide bonds. The van der Waals surface area contributed by atoms with Crippen LogP contribution in [0.4, 0.5) is 0 Å². The van der Waals surface area contributed by atoms with Gasteiger partial charge in [0.25, 0.3) is 0 Å². The Morgan fingerprint density at radius 1 is 0.815 bits per heavy atom. The molecule has 5 atom stereocenters. The highest BCUT2D eigenvalue weighted by Gasteiger charge is 2.52. The molecule has 0 radical (unpaired) electrons. The molecule has 0 aromatic carbocycles. The molecule has 0 bridgehead atoms. The summed E-state index contributed by atoms with van der Waals surface area (Å²) in [5, 5.41) is 8.98. The van der Waals surface area contributed by atoms with E-state index in [0.717, 1.165) is 20.8 Å². The van der Waals surface area contributed by atoms with Crippen LogP contribution in [0.1, 0.15) is 27.7 Å². The van der Waals surface area contributed by atoms with Crippen LogP contribution in [0.15, 0.2) is 0 Å². The first-order chi connectivity index (χ1) is 12.6. The highest BCUT2D eigenvalue weighted by Crippen LogP contribution is 2.29. The van der Waals surface area contributed by atoms with Crippen molar-refractivity contribution in [2.75, 3.05) is 19.8 Å². The number of aliphatic hydroxyl groups excluding tert-OH is 1. The zero-order valence-corrected chi connectivity index (χ0v) is 15.5. The van der Waals surface area contributed by atoms with Crippen LogP contribution in [0.2, 0.25) is 0 Å². The van der Waals surface area contributed by atoms with E-state index in [1.807, 2.05) is 0 Å². The summed E-state index contributed by atoms with van der Waals surface area (Å²) in [6.45, 7) is 3.68. The number of hydrogen-bond acceptors (Lipinski definition) is 11. The highest BCUT2D eigenvalue weighted by atomic mass is 16.7. The van der Waals surface area contributed by atoms with Crippen LogP contribution >= 0.6 is 0 Å². The Morgan fingerprint density at radius 3 is 1.81 bits per heavy atom. The van der Waals surface area contributed by atoms with Gasteiger partial charge in [-0.25, -0.2) is 0 Å². The van der Waals surface area contributed by atoms with Gasteiger partial charge in [0.15, 0.2) is 24.6 Å².